The predicted molar refractivity (Wildman–Crippen MR) is 77.1 cm³/mol. The molecule has 1 aliphatic heterocycles. The van der Waals surface area contributed by atoms with Crippen LogP contribution in [0.15, 0.2) is 29.5 Å². The number of aliphatic hydroxyl groups excluding tert-OH is 1. The van der Waals surface area contributed by atoms with E-state index in [9.17, 15) is 40.0 Å². The lowest BCUT2D eigenvalue weighted by atomic mass is 9.84. The van der Waals surface area contributed by atoms with Gasteiger partial charge in [-0.05, 0) is 12.1 Å². The van der Waals surface area contributed by atoms with Gasteiger partial charge in [0.25, 0.3) is 11.4 Å². The first-order valence-corrected chi connectivity index (χ1v) is 6.69. The highest BCUT2D eigenvalue weighted by atomic mass is 16.6. The number of nitrogens with zero attached hydrogens (tertiary/aromatic N) is 1. The molecule has 0 radical (unpaired) electrons. The molecule has 1 heterocycles. The molecule has 1 aromatic rings. The number of aliphatic hydroxyl groups is 2. The van der Waals surface area contributed by atoms with Gasteiger partial charge < -0.3 is 36.1 Å². The van der Waals surface area contributed by atoms with Crippen LogP contribution in [0.25, 0.3) is 0 Å². The first-order valence-electron chi connectivity index (χ1n) is 6.69. The zero-order valence-corrected chi connectivity index (χ0v) is 12.2. The summed E-state index contributed by atoms with van der Waals surface area (Å²) in [6, 6.07) is 3.36. The second-order valence-corrected chi connectivity index (χ2v) is 5.26. The highest BCUT2D eigenvalue weighted by molar-refractivity contribution is 6.29. The number of hydrogen-bond acceptors (Lipinski definition) is 8. The SMILES string of the molecule is NC1=C(C(=O)O)C2=[N+]([O-])c3c(cccc3C(=O)O)O[C@]2(O)[C@H](O)C1=O. The average molecular weight is 350 g/mol. The van der Waals surface area contributed by atoms with Gasteiger partial charge >= 0.3 is 17.7 Å². The quantitative estimate of drug-likeness (QED) is 0.303. The van der Waals surface area contributed by atoms with Gasteiger partial charge in [-0.25, -0.2) is 9.59 Å². The van der Waals surface area contributed by atoms with E-state index in [1.807, 2.05) is 0 Å². The number of carbonyl (C=O) groups is 3. The largest absolute Gasteiger partial charge is 0.618 e. The molecule has 1 aromatic carbocycles. The number of para-hydroxylation sites is 1. The average Bonchev–Trinajstić information content (AvgIpc) is 2.54. The minimum atomic E-state index is -3.04. The number of hydrogen-bond donors (Lipinski definition) is 5. The zero-order valence-electron chi connectivity index (χ0n) is 12.2. The molecule has 11 nitrogen and oxygen atoms in total. The number of fused-ring (bicyclic) bond motifs is 2. The Morgan fingerprint density at radius 3 is 2.48 bits per heavy atom. The Balaban J connectivity index is 2.46. The molecule has 11 heteroatoms. The van der Waals surface area contributed by atoms with Crippen LogP contribution in [0.3, 0.4) is 0 Å². The fraction of sp³-hybridized carbons (Fsp3) is 0.143. The predicted octanol–water partition coefficient (Wildman–Crippen LogP) is -1.71. The Labute approximate surface area is 138 Å². The number of Topliss-reactive ketones (excluding diaryl/α,β-unsaturated/α-hetero) is 1. The van der Waals surface area contributed by atoms with Gasteiger partial charge in [-0.15, -0.1) is 0 Å². The number of ketones is 1. The normalized spacial score (nSPS) is 25.2. The van der Waals surface area contributed by atoms with Crippen LogP contribution in [-0.4, -0.2) is 60.5 Å². The Morgan fingerprint density at radius 1 is 1.28 bits per heavy atom. The summed E-state index contributed by atoms with van der Waals surface area (Å²) in [7, 11) is 0. The third-order valence-electron chi connectivity index (χ3n) is 3.84. The van der Waals surface area contributed by atoms with Crippen molar-refractivity contribution in [3.8, 4) is 5.75 Å². The lowest BCUT2D eigenvalue weighted by Crippen LogP contribution is -2.65. The molecular weight excluding hydrogens is 340 g/mol. The monoisotopic (exact) mass is 350 g/mol. The smallest absolute Gasteiger partial charge is 0.344 e. The molecule has 0 bridgehead atoms. The molecule has 0 amide bonds. The fourth-order valence-electron chi connectivity index (χ4n) is 2.72. The molecule has 0 aromatic heterocycles. The van der Waals surface area contributed by atoms with Gasteiger partial charge in [-0.1, -0.05) is 6.07 Å². The van der Waals surface area contributed by atoms with Crippen LogP contribution in [-0.2, 0) is 9.59 Å². The maximum absolute atomic E-state index is 12.7. The Bertz CT molecular complexity index is 917. The summed E-state index contributed by atoms with van der Waals surface area (Å²) < 4.78 is 4.87. The van der Waals surface area contributed by atoms with E-state index in [0.29, 0.717) is 0 Å². The molecule has 0 spiro atoms. The highest BCUT2D eigenvalue weighted by Crippen LogP contribution is 2.42. The van der Waals surface area contributed by atoms with E-state index < -0.39 is 63.6 Å². The number of aliphatic carboxylic acids is 1. The molecule has 2 aliphatic rings. The number of rotatable bonds is 2. The standard InChI is InChI=1S/C14H10N2O9/c15-7-6(13(21)22)10-14(23,11(18)9(7)17)25-5-3-1-2-4(12(19)20)8(5)16(10)24/h1-3,11,18,23H,15H2,(H,19,20)(H,21,22)/t11-,14+/m1/s1. The second kappa shape index (κ2) is 5.03. The van der Waals surface area contributed by atoms with Crippen LogP contribution < -0.4 is 10.5 Å². The fourth-order valence-corrected chi connectivity index (χ4v) is 2.72. The summed E-state index contributed by atoms with van der Waals surface area (Å²) in [5.74, 6) is -8.21. The van der Waals surface area contributed by atoms with Gasteiger partial charge in [0.2, 0.25) is 5.78 Å². The molecule has 2 atom stereocenters. The number of benzene rings is 1. The summed E-state index contributed by atoms with van der Waals surface area (Å²) in [5.41, 5.74) is 1.08. The molecule has 1 aliphatic carbocycles. The molecule has 0 fully saturated rings. The molecule has 25 heavy (non-hydrogen) atoms. The highest BCUT2D eigenvalue weighted by Gasteiger charge is 2.63. The van der Waals surface area contributed by atoms with Crippen LogP contribution in [0.4, 0.5) is 5.69 Å². The van der Waals surface area contributed by atoms with E-state index in [1.165, 1.54) is 6.07 Å². The molecule has 3 rings (SSSR count). The van der Waals surface area contributed by atoms with E-state index in [0.717, 1.165) is 12.1 Å². The number of ether oxygens (including phenoxy) is 1. The van der Waals surface area contributed by atoms with E-state index in [4.69, 9.17) is 10.5 Å². The van der Waals surface area contributed by atoms with Gasteiger partial charge in [0.1, 0.15) is 5.56 Å². The van der Waals surface area contributed by atoms with Crippen molar-refractivity contribution < 1.29 is 44.3 Å². The van der Waals surface area contributed by atoms with E-state index in [1.54, 1.807) is 0 Å². The first-order chi connectivity index (χ1) is 11.6. The lowest BCUT2D eigenvalue weighted by Gasteiger charge is -2.38. The number of carboxylic acid groups (broad SMARTS) is 2. The third kappa shape index (κ3) is 2.00. The van der Waals surface area contributed by atoms with Crippen LogP contribution in [0.2, 0.25) is 0 Å². The van der Waals surface area contributed by atoms with E-state index >= 15 is 0 Å². The summed E-state index contributed by atoms with van der Waals surface area (Å²) in [6.07, 6.45) is -2.39. The van der Waals surface area contributed by atoms with Gasteiger partial charge in [0.05, 0.1) is 5.70 Å². The maximum Gasteiger partial charge on any atom is 0.344 e. The molecule has 0 saturated heterocycles. The number of aromatic carboxylic acids is 1. The topological polar surface area (TPSA) is 193 Å². The first kappa shape index (κ1) is 16.4. The number of carboxylic acids is 2. The van der Waals surface area contributed by atoms with Crippen molar-refractivity contribution in [1.29, 1.82) is 0 Å². The van der Waals surface area contributed by atoms with Gasteiger partial charge in [-0.2, -0.15) is 4.74 Å². The van der Waals surface area contributed by atoms with Crippen molar-refractivity contribution in [3.05, 3.63) is 40.2 Å². The minimum Gasteiger partial charge on any atom is -0.618 e. The summed E-state index contributed by atoms with van der Waals surface area (Å²) in [5, 5.41) is 51.7. The summed E-state index contributed by atoms with van der Waals surface area (Å²) in [4.78, 5) is 34.7. The third-order valence-corrected chi connectivity index (χ3v) is 3.84. The Morgan fingerprint density at radius 2 is 1.92 bits per heavy atom. The summed E-state index contributed by atoms with van der Waals surface area (Å²) >= 11 is 0. The van der Waals surface area contributed by atoms with Crippen LogP contribution in [0.5, 0.6) is 5.75 Å². The summed E-state index contributed by atoms with van der Waals surface area (Å²) in [6.45, 7) is 0. The van der Waals surface area contributed by atoms with Crippen molar-refractivity contribution in [2.45, 2.75) is 11.9 Å². The molecule has 130 valence electrons. The van der Waals surface area contributed by atoms with Gasteiger partial charge in [0, 0.05) is 0 Å². The minimum absolute atomic E-state index is 0.214. The van der Waals surface area contributed by atoms with Crippen molar-refractivity contribution >= 4 is 29.1 Å². The number of carbonyl (C=O) groups excluding carboxylic acids is 1. The van der Waals surface area contributed by atoms with Gasteiger partial charge in [-0.3, -0.25) is 4.79 Å². The second-order valence-electron chi connectivity index (χ2n) is 5.26. The number of nitrogens with two attached hydrogens (primary N) is 1. The van der Waals surface area contributed by atoms with Gasteiger partial charge in [0.15, 0.2) is 17.4 Å². The van der Waals surface area contributed by atoms with E-state index in [-0.39, 0.29) is 4.74 Å². The molecular formula is C14H10N2O9. The molecule has 6 N–H and O–H groups in total. The van der Waals surface area contributed by atoms with Crippen molar-refractivity contribution in [2.24, 2.45) is 5.73 Å². The van der Waals surface area contributed by atoms with Crippen molar-refractivity contribution in [3.63, 3.8) is 0 Å². The Hall–Kier alpha value is -3.44. The Kier molecular flexibility index (Phi) is 3.30. The molecule has 0 unspecified atom stereocenters. The van der Waals surface area contributed by atoms with Crippen molar-refractivity contribution in [2.75, 3.05) is 0 Å². The van der Waals surface area contributed by atoms with Crippen molar-refractivity contribution in [1.82, 2.24) is 0 Å². The molecule has 0 saturated carbocycles. The van der Waals surface area contributed by atoms with Crippen LogP contribution in [0, 0.1) is 5.21 Å². The van der Waals surface area contributed by atoms with Crippen LogP contribution in [0.1, 0.15) is 10.4 Å². The van der Waals surface area contributed by atoms with Crippen LogP contribution >= 0.6 is 0 Å². The van der Waals surface area contributed by atoms with E-state index in [2.05, 4.69) is 0 Å². The lowest BCUT2D eigenvalue weighted by molar-refractivity contribution is -0.387. The maximum atomic E-state index is 12.7. The zero-order chi connectivity index (χ0) is 18.7.